The summed E-state index contributed by atoms with van der Waals surface area (Å²) in [6, 6.07) is 17.0. The Kier molecular flexibility index (Phi) is 4.19. The maximum absolute atomic E-state index is 4.79. The van der Waals surface area contributed by atoms with Gasteiger partial charge in [-0.2, -0.15) is 9.61 Å². The van der Waals surface area contributed by atoms with Crippen LogP contribution < -0.4 is 5.32 Å². The lowest BCUT2D eigenvalue weighted by molar-refractivity contribution is 0.917. The van der Waals surface area contributed by atoms with E-state index in [4.69, 9.17) is 10.1 Å². The molecule has 4 heteroatoms. The minimum atomic E-state index is 0.877. The molecule has 0 fully saturated rings. The second kappa shape index (κ2) is 6.54. The van der Waals surface area contributed by atoms with Crippen molar-refractivity contribution in [3.05, 3.63) is 76.6 Å². The smallest absolute Gasteiger partial charge is 0.165 e. The van der Waals surface area contributed by atoms with Gasteiger partial charge in [-0.25, -0.2) is 4.98 Å². The normalized spacial score (nSPS) is 11.1. The zero-order valence-electron chi connectivity index (χ0n) is 16.5. The molecule has 4 aromatic rings. The molecular formula is C23H24N4. The third-order valence-electron chi connectivity index (χ3n) is 5.01. The summed E-state index contributed by atoms with van der Waals surface area (Å²) < 4.78 is 1.91. The highest BCUT2D eigenvalue weighted by Crippen LogP contribution is 2.30. The number of fused-ring (bicyclic) bond motifs is 1. The van der Waals surface area contributed by atoms with E-state index in [1.54, 1.807) is 0 Å². The molecular weight excluding hydrogens is 332 g/mol. The van der Waals surface area contributed by atoms with Crippen LogP contribution in [0.15, 0.2) is 48.5 Å². The number of hydrogen-bond acceptors (Lipinski definition) is 3. The van der Waals surface area contributed by atoms with Gasteiger partial charge in [0.25, 0.3) is 0 Å². The molecule has 0 radical (unpaired) electrons. The number of benzene rings is 2. The molecule has 4 nitrogen and oxygen atoms in total. The summed E-state index contributed by atoms with van der Waals surface area (Å²) in [6.45, 7) is 10.4. The van der Waals surface area contributed by atoms with Gasteiger partial charge in [0.2, 0.25) is 0 Å². The lowest BCUT2D eigenvalue weighted by Crippen LogP contribution is -2.03. The maximum atomic E-state index is 4.79. The van der Waals surface area contributed by atoms with E-state index in [-0.39, 0.29) is 0 Å². The Labute approximate surface area is 159 Å². The van der Waals surface area contributed by atoms with Crippen molar-refractivity contribution in [3.8, 4) is 11.1 Å². The van der Waals surface area contributed by atoms with Crippen LogP contribution >= 0.6 is 0 Å². The lowest BCUT2D eigenvalue weighted by Gasteiger charge is -2.11. The van der Waals surface area contributed by atoms with Crippen molar-refractivity contribution in [1.29, 1.82) is 0 Å². The zero-order valence-corrected chi connectivity index (χ0v) is 16.5. The number of anilines is 2. The first-order valence-corrected chi connectivity index (χ1v) is 9.20. The second-order valence-electron chi connectivity index (χ2n) is 7.27. The van der Waals surface area contributed by atoms with Gasteiger partial charge >= 0.3 is 0 Å². The highest BCUT2D eigenvalue weighted by Gasteiger charge is 2.16. The van der Waals surface area contributed by atoms with Gasteiger partial charge in [0.15, 0.2) is 5.65 Å². The van der Waals surface area contributed by atoms with Crippen LogP contribution in [0.2, 0.25) is 0 Å². The van der Waals surface area contributed by atoms with Gasteiger partial charge in [0, 0.05) is 23.0 Å². The molecule has 27 heavy (non-hydrogen) atoms. The Bertz CT molecular complexity index is 1140. The first kappa shape index (κ1) is 17.3. The Hall–Kier alpha value is -3.14. The molecule has 0 spiro atoms. The van der Waals surface area contributed by atoms with E-state index in [9.17, 15) is 0 Å². The summed E-state index contributed by atoms with van der Waals surface area (Å²) >= 11 is 0. The molecule has 2 aromatic carbocycles. The molecule has 0 saturated carbocycles. The van der Waals surface area contributed by atoms with Gasteiger partial charge in [-0.05, 0) is 63.4 Å². The largest absolute Gasteiger partial charge is 0.340 e. The first-order chi connectivity index (χ1) is 12.9. The molecule has 2 aromatic heterocycles. The molecule has 0 amide bonds. The molecule has 0 bridgehead atoms. The van der Waals surface area contributed by atoms with Crippen LogP contribution in [0.25, 0.3) is 16.8 Å². The summed E-state index contributed by atoms with van der Waals surface area (Å²) in [5.74, 6) is 0.919. The monoisotopic (exact) mass is 356 g/mol. The summed E-state index contributed by atoms with van der Waals surface area (Å²) in [4.78, 5) is 4.79. The van der Waals surface area contributed by atoms with Gasteiger partial charge in [-0.3, -0.25) is 0 Å². The average Bonchev–Trinajstić information content (AvgIpc) is 2.95. The fraction of sp³-hybridized carbons (Fsp3) is 0.217. The van der Waals surface area contributed by atoms with Crippen LogP contribution in [0, 0.1) is 34.6 Å². The van der Waals surface area contributed by atoms with E-state index in [0.29, 0.717) is 0 Å². The van der Waals surface area contributed by atoms with Crippen molar-refractivity contribution >= 4 is 17.2 Å². The predicted molar refractivity (Wildman–Crippen MR) is 112 cm³/mol. The van der Waals surface area contributed by atoms with Crippen molar-refractivity contribution < 1.29 is 0 Å². The summed E-state index contributed by atoms with van der Waals surface area (Å²) in [5, 5.41) is 8.30. The van der Waals surface area contributed by atoms with Crippen LogP contribution in [0.3, 0.4) is 0 Å². The number of rotatable bonds is 3. The predicted octanol–water partition coefficient (Wildman–Crippen LogP) is 5.68. The number of nitrogens with one attached hydrogen (secondary N) is 1. The van der Waals surface area contributed by atoms with Crippen molar-refractivity contribution in [2.24, 2.45) is 0 Å². The fourth-order valence-corrected chi connectivity index (χ4v) is 3.36. The Morgan fingerprint density at radius 1 is 0.815 bits per heavy atom. The molecule has 4 rings (SSSR count). The minimum Gasteiger partial charge on any atom is -0.340 e. The average molecular weight is 356 g/mol. The number of aromatic nitrogens is 3. The molecule has 2 heterocycles. The molecule has 0 aliphatic heterocycles. The van der Waals surface area contributed by atoms with E-state index in [1.807, 2.05) is 24.4 Å². The molecule has 0 aliphatic carbocycles. The van der Waals surface area contributed by atoms with Gasteiger partial charge in [0.05, 0.1) is 5.69 Å². The quantitative estimate of drug-likeness (QED) is 0.513. The van der Waals surface area contributed by atoms with E-state index in [2.05, 4.69) is 68.6 Å². The molecule has 0 saturated heterocycles. The van der Waals surface area contributed by atoms with Gasteiger partial charge < -0.3 is 5.32 Å². The van der Waals surface area contributed by atoms with Gasteiger partial charge in [0.1, 0.15) is 5.82 Å². The number of nitrogens with zero attached hydrogens (tertiary/aromatic N) is 3. The van der Waals surface area contributed by atoms with Crippen LogP contribution in [-0.4, -0.2) is 14.6 Å². The molecule has 136 valence electrons. The van der Waals surface area contributed by atoms with Gasteiger partial charge in [-0.15, -0.1) is 0 Å². The molecule has 0 aliphatic rings. The molecule has 0 unspecified atom stereocenters. The maximum Gasteiger partial charge on any atom is 0.165 e. The van der Waals surface area contributed by atoms with Crippen LogP contribution in [0.1, 0.15) is 28.1 Å². The van der Waals surface area contributed by atoms with Crippen LogP contribution in [0.5, 0.6) is 0 Å². The Balaban J connectivity index is 1.86. The third kappa shape index (κ3) is 3.19. The number of aryl methyl sites for hydroxylation is 5. The first-order valence-electron chi connectivity index (χ1n) is 9.20. The van der Waals surface area contributed by atoms with Crippen LogP contribution in [-0.2, 0) is 0 Å². The summed E-state index contributed by atoms with van der Waals surface area (Å²) in [5.41, 5.74) is 9.88. The van der Waals surface area contributed by atoms with Crippen molar-refractivity contribution in [2.75, 3.05) is 5.32 Å². The molecule has 1 N–H and O–H groups in total. The van der Waals surface area contributed by atoms with E-state index in [1.165, 1.54) is 16.7 Å². The lowest BCUT2D eigenvalue weighted by atomic mass is 10.0. The van der Waals surface area contributed by atoms with Crippen molar-refractivity contribution in [1.82, 2.24) is 14.6 Å². The van der Waals surface area contributed by atoms with Gasteiger partial charge in [-0.1, -0.05) is 35.9 Å². The van der Waals surface area contributed by atoms with E-state index < -0.39 is 0 Å². The molecule has 0 atom stereocenters. The van der Waals surface area contributed by atoms with E-state index >= 15 is 0 Å². The Morgan fingerprint density at radius 3 is 2.26 bits per heavy atom. The highest BCUT2D eigenvalue weighted by atomic mass is 15.3. The summed E-state index contributed by atoms with van der Waals surface area (Å²) in [6.07, 6.45) is 0. The SMILES string of the molecule is Cc1ccc(-c2c(C)nn3c(Nc4ccc(C)c(C)c4)cc(C)nc23)cc1. The Morgan fingerprint density at radius 2 is 1.56 bits per heavy atom. The zero-order chi connectivity index (χ0) is 19.1. The third-order valence-corrected chi connectivity index (χ3v) is 5.01. The van der Waals surface area contributed by atoms with Crippen molar-refractivity contribution in [3.63, 3.8) is 0 Å². The van der Waals surface area contributed by atoms with Crippen LogP contribution in [0.4, 0.5) is 11.5 Å². The highest BCUT2D eigenvalue weighted by molar-refractivity contribution is 5.81. The standard InChI is InChI=1S/C23H24N4/c1-14-6-9-19(10-7-14)22-18(5)26-27-21(13-17(4)24-23(22)27)25-20-11-8-15(2)16(3)12-20/h6-13,25H,1-5H3. The van der Waals surface area contributed by atoms with Crippen molar-refractivity contribution in [2.45, 2.75) is 34.6 Å². The fourth-order valence-electron chi connectivity index (χ4n) is 3.36. The topological polar surface area (TPSA) is 42.2 Å². The number of hydrogen-bond donors (Lipinski definition) is 1. The minimum absolute atomic E-state index is 0.877. The van der Waals surface area contributed by atoms with E-state index in [0.717, 1.165) is 39.7 Å². The second-order valence-corrected chi connectivity index (χ2v) is 7.27. The summed E-state index contributed by atoms with van der Waals surface area (Å²) in [7, 11) is 0.